The van der Waals surface area contributed by atoms with E-state index in [-0.39, 0.29) is 18.2 Å². The van der Waals surface area contributed by atoms with Crippen LogP contribution in [0.15, 0.2) is 36.8 Å². The highest BCUT2D eigenvalue weighted by Crippen LogP contribution is 2.31. The fourth-order valence-corrected chi connectivity index (χ4v) is 3.52. The van der Waals surface area contributed by atoms with Crippen molar-refractivity contribution in [3.63, 3.8) is 0 Å². The standard InChI is InChI=1S/C22H26N6O2/c1-3-8-27(13-16-4-5-16)21-10-19(23-14-24-21)22(30)26-18-6-7-20-17(9-18)11-25-28(20)12-15(2)29/h6-7,9-11,14,16H,3-5,8,12-13H2,1-2H3,(H,26,30). The Balaban J connectivity index is 1.50. The molecular weight excluding hydrogens is 380 g/mol. The van der Waals surface area contributed by atoms with E-state index < -0.39 is 0 Å². The number of carbonyl (C=O) groups is 2. The Labute approximate surface area is 175 Å². The number of carbonyl (C=O) groups excluding carboxylic acids is 2. The molecule has 1 aliphatic carbocycles. The van der Waals surface area contributed by atoms with Crippen LogP contribution in [0.1, 0.15) is 43.6 Å². The van der Waals surface area contributed by atoms with Crippen molar-refractivity contribution in [2.75, 3.05) is 23.3 Å². The van der Waals surface area contributed by atoms with Crippen molar-refractivity contribution < 1.29 is 9.59 Å². The first kappa shape index (κ1) is 20.0. The lowest BCUT2D eigenvalue weighted by Crippen LogP contribution is -2.28. The first-order valence-electron chi connectivity index (χ1n) is 10.4. The Hall–Kier alpha value is -3.29. The number of rotatable bonds is 9. The summed E-state index contributed by atoms with van der Waals surface area (Å²) in [5.41, 5.74) is 1.84. The molecule has 1 fully saturated rings. The highest BCUT2D eigenvalue weighted by atomic mass is 16.2. The minimum absolute atomic E-state index is 0.0377. The predicted molar refractivity (Wildman–Crippen MR) is 116 cm³/mol. The molecule has 2 aromatic heterocycles. The highest BCUT2D eigenvalue weighted by Gasteiger charge is 2.25. The van der Waals surface area contributed by atoms with Crippen LogP contribution in [-0.4, -0.2) is 44.5 Å². The van der Waals surface area contributed by atoms with Crippen LogP contribution in [0.4, 0.5) is 11.5 Å². The van der Waals surface area contributed by atoms with Crippen molar-refractivity contribution >= 4 is 34.1 Å². The Morgan fingerprint density at radius 2 is 2.07 bits per heavy atom. The van der Waals surface area contributed by atoms with Crippen LogP contribution < -0.4 is 10.2 Å². The third-order valence-corrected chi connectivity index (χ3v) is 5.15. The monoisotopic (exact) mass is 406 g/mol. The second-order valence-electron chi connectivity index (χ2n) is 7.88. The Morgan fingerprint density at radius 1 is 1.23 bits per heavy atom. The summed E-state index contributed by atoms with van der Waals surface area (Å²) in [6.45, 7) is 5.80. The van der Waals surface area contributed by atoms with E-state index in [2.05, 4.69) is 32.2 Å². The maximum absolute atomic E-state index is 12.8. The molecule has 1 amide bonds. The molecule has 4 rings (SSSR count). The average Bonchev–Trinajstić information content (AvgIpc) is 3.47. The number of hydrogen-bond donors (Lipinski definition) is 1. The largest absolute Gasteiger partial charge is 0.356 e. The Kier molecular flexibility index (Phi) is 5.74. The van der Waals surface area contributed by atoms with Crippen molar-refractivity contribution in [3.8, 4) is 0 Å². The number of Topliss-reactive ketones (excluding diaryl/α,β-unsaturated/α-hetero) is 1. The smallest absolute Gasteiger partial charge is 0.274 e. The van der Waals surface area contributed by atoms with Crippen LogP contribution >= 0.6 is 0 Å². The third kappa shape index (κ3) is 4.64. The Bertz CT molecular complexity index is 1070. The third-order valence-electron chi connectivity index (χ3n) is 5.15. The van der Waals surface area contributed by atoms with Gasteiger partial charge in [0, 0.05) is 30.2 Å². The quantitative estimate of drug-likeness (QED) is 0.586. The van der Waals surface area contributed by atoms with E-state index >= 15 is 0 Å². The van der Waals surface area contributed by atoms with Gasteiger partial charge >= 0.3 is 0 Å². The molecule has 1 N–H and O–H groups in total. The summed E-state index contributed by atoms with van der Waals surface area (Å²) in [6, 6.07) is 7.26. The van der Waals surface area contributed by atoms with Crippen LogP contribution in [0, 0.1) is 5.92 Å². The van der Waals surface area contributed by atoms with E-state index in [0.717, 1.165) is 42.1 Å². The summed E-state index contributed by atoms with van der Waals surface area (Å²) in [5.74, 6) is 1.29. The second-order valence-corrected chi connectivity index (χ2v) is 7.88. The van der Waals surface area contributed by atoms with Crippen LogP contribution in [-0.2, 0) is 11.3 Å². The minimum atomic E-state index is -0.281. The molecule has 156 valence electrons. The molecule has 1 aromatic carbocycles. The lowest BCUT2D eigenvalue weighted by atomic mass is 10.2. The normalized spacial score (nSPS) is 13.4. The van der Waals surface area contributed by atoms with E-state index in [1.807, 2.05) is 12.1 Å². The van der Waals surface area contributed by atoms with Crippen molar-refractivity contribution in [1.29, 1.82) is 0 Å². The highest BCUT2D eigenvalue weighted by molar-refractivity contribution is 6.04. The summed E-state index contributed by atoms with van der Waals surface area (Å²) >= 11 is 0. The minimum Gasteiger partial charge on any atom is -0.356 e. The fourth-order valence-electron chi connectivity index (χ4n) is 3.52. The van der Waals surface area contributed by atoms with Crippen LogP contribution in [0.5, 0.6) is 0 Å². The molecule has 8 heteroatoms. The first-order valence-corrected chi connectivity index (χ1v) is 10.4. The molecule has 0 unspecified atom stereocenters. The maximum atomic E-state index is 12.8. The van der Waals surface area contributed by atoms with Gasteiger partial charge in [-0.15, -0.1) is 0 Å². The number of aromatic nitrogens is 4. The molecule has 0 bridgehead atoms. The van der Waals surface area contributed by atoms with Gasteiger partial charge in [0.2, 0.25) is 0 Å². The maximum Gasteiger partial charge on any atom is 0.274 e. The summed E-state index contributed by atoms with van der Waals surface area (Å²) < 4.78 is 1.65. The molecule has 0 radical (unpaired) electrons. The van der Waals surface area contributed by atoms with E-state index in [4.69, 9.17) is 0 Å². The van der Waals surface area contributed by atoms with E-state index in [0.29, 0.717) is 11.4 Å². The van der Waals surface area contributed by atoms with E-state index in [1.54, 1.807) is 23.0 Å². The molecule has 0 aliphatic heterocycles. The molecule has 1 saturated carbocycles. The molecule has 0 atom stereocenters. The van der Waals surface area contributed by atoms with Gasteiger partial charge < -0.3 is 10.2 Å². The number of hydrogen-bond acceptors (Lipinski definition) is 6. The van der Waals surface area contributed by atoms with Crippen molar-refractivity contribution in [2.45, 2.75) is 39.7 Å². The van der Waals surface area contributed by atoms with Crippen molar-refractivity contribution in [1.82, 2.24) is 19.7 Å². The van der Waals surface area contributed by atoms with Crippen LogP contribution in [0.2, 0.25) is 0 Å². The summed E-state index contributed by atoms with van der Waals surface area (Å²) in [7, 11) is 0. The van der Waals surface area contributed by atoms with E-state index in [9.17, 15) is 9.59 Å². The number of fused-ring (bicyclic) bond motifs is 1. The summed E-state index contributed by atoms with van der Waals surface area (Å²) in [6.07, 6.45) is 6.70. The number of amides is 1. The fraction of sp³-hybridized carbons (Fsp3) is 0.409. The zero-order valence-corrected chi connectivity index (χ0v) is 17.3. The van der Waals surface area contributed by atoms with Crippen molar-refractivity contribution in [3.05, 3.63) is 42.5 Å². The predicted octanol–water partition coefficient (Wildman–Crippen LogP) is 3.29. The van der Waals surface area contributed by atoms with Gasteiger partial charge in [-0.3, -0.25) is 14.3 Å². The van der Waals surface area contributed by atoms with Crippen LogP contribution in [0.3, 0.4) is 0 Å². The summed E-state index contributed by atoms with van der Waals surface area (Å²) in [4.78, 5) is 35.0. The van der Waals surface area contributed by atoms with E-state index in [1.165, 1.54) is 26.1 Å². The van der Waals surface area contributed by atoms with Gasteiger partial charge in [0.25, 0.3) is 5.91 Å². The number of benzene rings is 1. The first-order chi connectivity index (χ1) is 14.5. The molecule has 3 aromatic rings. The number of ketones is 1. The zero-order chi connectivity index (χ0) is 21.1. The summed E-state index contributed by atoms with van der Waals surface area (Å²) in [5, 5.41) is 8.01. The lowest BCUT2D eigenvalue weighted by molar-refractivity contribution is -0.117. The number of nitrogens with one attached hydrogen (secondary N) is 1. The van der Waals surface area contributed by atoms with Gasteiger partial charge in [-0.1, -0.05) is 6.92 Å². The molecule has 30 heavy (non-hydrogen) atoms. The zero-order valence-electron chi connectivity index (χ0n) is 17.3. The van der Waals surface area contributed by atoms with Gasteiger partial charge in [-0.2, -0.15) is 5.10 Å². The van der Waals surface area contributed by atoms with Gasteiger partial charge in [0.15, 0.2) is 5.78 Å². The molecule has 0 spiro atoms. The topological polar surface area (TPSA) is 93.0 Å². The molecule has 2 heterocycles. The van der Waals surface area contributed by atoms with Gasteiger partial charge in [-0.25, -0.2) is 9.97 Å². The molecule has 0 saturated heterocycles. The van der Waals surface area contributed by atoms with Gasteiger partial charge in [-0.05, 0) is 50.3 Å². The molecule has 8 nitrogen and oxygen atoms in total. The molecular formula is C22H26N6O2. The average molecular weight is 406 g/mol. The second kappa shape index (κ2) is 8.61. The van der Waals surface area contributed by atoms with Gasteiger partial charge in [0.05, 0.1) is 18.3 Å². The number of anilines is 2. The molecule has 1 aliphatic rings. The Morgan fingerprint density at radius 3 is 2.80 bits per heavy atom. The lowest BCUT2D eigenvalue weighted by Gasteiger charge is -2.23. The SMILES string of the molecule is CCCN(CC1CC1)c1cc(C(=O)Nc2ccc3c(cnn3CC(C)=O)c2)ncn1. The van der Waals surface area contributed by atoms with Gasteiger partial charge in [0.1, 0.15) is 17.8 Å². The van der Waals surface area contributed by atoms with Crippen molar-refractivity contribution in [2.24, 2.45) is 5.92 Å². The number of nitrogens with zero attached hydrogens (tertiary/aromatic N) is 5. The van der Waals surface area contributed by atoms with Crippen LogP contribution in [0.25, 0.3) is 10.9 Å².